The third-order valence-electron chi connectivity index (χ3n) is 5.04. The number of anilines is 1. The van der Waals surface area contributed by atoms with E-state index in [-0.39, 0.29) is 24.1 Å². The van der Waals surface area contributed by atoms with Crippen LogP contribution in [0, 0.1) is 5.82 Å². The Morgan fingerprint density at radius 3 is 2.39 bits per heavy atom. The van der Waals surface area contributed by atoms with Crippen molar-refractivity contribution in [2.75, 3.05) is 11.4 Å². The molecule has 1 amide bonds. The molecule has 0 spiro atoms. The third-order valence-corrected chi connectivity index (χ3v) is 5.04. The first-order valence-corrected chi connectivity index (χ1v) is 9.11. The monoisotopic (exact) mass is 396 g/mol. The highest BCUT2D eigenvalue weighted by Crippen LogP contribution is 2.33. The highest BCUT2D eigenvalue weighted by atomic mass is 35.5. The highest BCUT2D eigenvalue weighted by Gasteiger charge is 2.28. The molecule has 0 bridgehead atoms. The average Bonchev–Trinajstić information content (AvgIpc) is 3.12. The molecule has 28 heavy (non-hydrogen) atoms. The van der Waals surface area contributed by atoms with Crippen LogP contribution in [-0.4, -0.2) is 18.5 Å². The summed E-state index contributed by atoms with van der Waals surface area (Å²) < 4.78 is 13.2. The van der Waals surface area contributed by atoms with Crippen molar-refractivity contribution in [3.05, 3.63) is 89.7 Å². The Bertz CT molecular complexity index is 960. The molecule has 1 heterocycles. The summed E-state index contributed by atoms with van der Waals surface area (Å²) in [5.41, 5.74) is 11.2. The van der Waals surface area contributed by atoms with E-state index in [9.17, 15) is 9.18 Å². The van der Waals surface area contributed by atoms with E-state index in [1.165, 1.54) is 12.1 Å². The molecular formula is C23H22ClFN2O. The van der Waals surface area contributed by atoms with E-state index in [0.717, 1.165) is 34.4 Å². The lowest BCUT2D eigenvalue weighted by atomic mass is 10.0. The molecule has 0 unspecified atom stereocenters. The van der Waals surface area contributed by atoms with Crippen molar-refractivity contribution in [2.24, 2.45) is 5.73 Å². The molecule has 3 nitrogen and oxygen atoms in total. The lowest BCUT2D eigenvalue weighted by molar-refractivity contribution is -0.119. The largest absolute Gasteiger partial charge is 0.320 e. The van der Waals surface area contributed by atoms with Gasteiger partial charge >= 0.3 is 0 Å². The number of carbonyl (C=O) groups excluding carboxylic acids is 1. The maximum Gasteiger partial charge on any atom is 0.244 e. The zero-order chi connectivity index (χ0) is 18.8. The van der Waals surface area contributed by atoms with Gasteiger partial charge in [-0.15, -0.1) is 12.4 Å². The second-order valence-electron chi connectivity index (χ2n) is 6.89. The van der Waals surface area contributed by atoms with Gasteiger partial charge in [-0.05, 0) is 53.3 Å². The molecule has 3 aromatic rings. The molecule has 0 fully saturated rings. The van der Waals surface area contributed by atoms with Gasteiger partial charge in [-0.3, -0.25) is 4.79 Å². The molecule has 0 radical (unpaired) electrons. The van der Waals surface area contributed by atoms with Crippen molar-refractivity contribution in [1.29, 1.82) is 0 Å². The fraction of sp³-hybridized carbons (Fsp3) is 0.174. The van der Waals surface area contributed by atoms with Gasteiger partial charge in [0, 0.05) is 12.2 Å². The zero-order valence-electron chi connectivity index (χ0n) is 15.3. The van der Waals surface area contributed by atoms with Crippen LogP contribution >= 0.6 is 12.4 Å². The first kappa shape index (κ1) is 20.1. The SMILES string of the molecule is Cl.N[C@@H](Cc1ccccc1)C(=O)N1CCc2ccc(-c3ccc(F)cc3)cc21. The summed E-state index contributed by atoms with van der Waals surface area (Å²) in [5, 5.41) is 0. The number of rotatable bonds is 4. The van der Waals surface area contributed by atoms with E-state index in [0.29, 0.717) is 13.0 Å². The number of fused-ring (bicyclic) bond motifs is 1. The van der Waals surface area contributed by atoms with Crippen molar-refractivity contribution in [3.8, 4) is 11.1 Å². The number of hydrogen-bond acceptors (Lipinski definition) is 2. The third kappa shape index (κ3) is 4.08. The first-order chi connectivity index (χ1) is 13.1. The fourth-order valence-electron chi connectivity index (χ4n) is 3.59. The standard InChI is InChI=1S/C23H21FN2O.ClH/c24-20-10-8-17(9-11-20)19-7-6-18-12-13-26(22(18)15-19)23(27)21(25)14-16-4-2-1-3-5-16;/h1-11,15,21H,12-14,25H2;1H/t21-;/m0./s1. The normalized spacial score (nSPS) is 13.6. The van der Waals surface area contributed by atoms with E-state index in [1.807, 2.05) is 48.5 Å². The van der Waals surface area contributed by atoms with Crippen LogP contribution in [0.15, 0.2) is 72.8 Å². The Balaban J connectivity index is 0.00000225. The number of amides is 1. The molecule has 3 aromatic carbocycles. The van der Waals surface area contributed by atoms with E-state index >= 15 is 0 Å². The van der Waals surface area contributed by atoms with Crippen molar-refractivity contribution >= 4 is 24.0 Å². The predicted molar refractivity (Wildman–Crippen MR) is 113 cm³/mol. The van der Waals surface area contributed by atoms with Gasteiger partial charge in [0.15, 0.2) is 0 Å². The summed E-state index contributed by atoms with van der Waals surface area (Å²) in [5.74, 6) is -0.322. The maximum atomic E-state index is 13.2. The van der Waals surface area contributed by atoms with Gasteiger partial charge in [0.05, 0.1) is 6.04 Å². The van der Waals surface area contributed by atoms with E-state index in [4.69, 9.17) is 5.73 Å². The number of carbonyl (C=O) groups is 1. The van der Waals surface area contributed by atoms with E-state index in [1.54, 1.807) is 17.0 Å². The van der Waals surface area contributed by atoms with E-state index in [2.05, 4.69) is 0 Å². The van der Waals surface area contributed by atoms with Gasteiger partial charge in [-0.2, -0.15) is 0 Å². The molecule has 1 aliphatic heterocycles. The number of nitrogens with two attached hydrogens (primary N) is 1. The molecule has 2 N–H and O–H groups in total. The second-order valence-corrected chi connectivity index (χ2v) is 6.89. The number of nitrogens with zero attached hydrogens (tertiary/aromatic N) is 1. The summed E-state index contributed by atoms with van der Waals surface area (Å²) >= 11 is 0. The average molecular weight is 397 g/mol. The van der Waals surface area contributed by atoms with Gasteiger partial charge in [0.2, 0.25) is 5.91 Å². The first-order valence-electron chi connectivity index (χ1n) is 9.11. The van der Waals surface area contributed by atoms with Crippen molar-refractivity contribution in [1.82, 2.24) is 0 Å². The second kappa shape index (κ2) is 8.55. The van der Waals surface area contributed by atoms with Gasteiger partial charge in [-0.25, -0.2) is 4.39 Å². The molecule has 4 rings (SSSR count). The number of hydrogen-bond donors (Lipinski definition) is 1. The van der Waals surface area contributed by atoms with Crippen LogP contribution < -0.4 is 10.6 Å². The van der Waals surface area contributed by atoms with Crippen LogP contribution in [0.3, 0.4) is 0 Å². The Labute approximate surface area is 170 Å². The van der Waals surface area contributed by atoms with Crippen molar-refractivity contribution in [3.63, 3.8) is 0 Å². The molecule has 0 aliphatic carbocycles. The molecule has 5 heteroatoms. The topological polar surface area (TPSA) is 46.3 Å². The minimum Gasteiger partial charge on any atom is -0.320 e. The smallest absolute Gasteiger partial charge is 0.244 e. The van der Waals surface area contributed by atoms with Crippen LogP contribution in [0.2, 0.25) is 0 Å². The Morgan fingerprint density at radius 1 is 1.00 bits per heavy atom. The zero-order valence-corrected chi connectivity index (χ0v) is 16.2. The molecule has 144 valence electrons. The Hall–Kier alpha value is -2.69. The summed E-state index contributed by atoms with van der Waals surface area (Å²) in [7, 11) is 0. The van der Waals surface area contributed by atoms with Crippen LogP contribution in [0.5, 0.6) is 0 Å². The summed E-state index contributed by atoms with van der Waals surface area (Å²) in [6, 6.07) is 21.7. The van der Waals surface area contributed by atoms with Gasteiger partial charge in [0.1, 0.15) is 5.82 Å². The lowest BCUT2D eigenvalue weighted by Gasteiger charge is -2.22. The molecular weight excluding hydrogens is 375 g/mol. The molecule has 1 atom stereocenters. The van der Waals surface area contributed by atoms with Crippen LogP contribution in [0.1, 0.15) is 11.1 Å². The van der Waals surface area contributed by atoms with E-state index < -0.39 is 6.04 Å². The number of halogens is 2. The van der Waals surface area contributed by atoms with Gasteiger partial charge in [-0.1, -0.05) is 54.6 Å². The lowest BCUT2D eigenvalue weighted by Crippen LogP contribution is -2.44. The van der Waals surface area contributed by atoms with Gasteiger partial charge in [0.25, 0.3) is 0 Å². The summed E-state index contributed by atoms with van der Waals surface area (Å²) in [6.45, 7) is 0.642. The van der Waals surface area contributed by atoms with Crippen LogP contribution in [0.4, 0.5) is 10.1 Å². The van der Waals surface area contributed by atoms with Crippen molar-refractivity contribution in [2.45, 2.75) is 18.9 Å². The quantitative estimate of drug-likeness (QED) is 0.711. The number of benzene rings is 3. The maximum absolute atomic E-state index is 13.2. The van der Waals surface area contributed by atoms with Crippen LogP contribution in [0.25, 0.3) is 11.1 Å². The Morgan fingerprint density at radius 2 is 1.68 bits per heavy atom. The molecule has 1 aliphatic rings. The molecule has 0 saturated heterocycles. The minimum atomic E-state index is -0.576. The molecule has 0 aromatic heterocycles. The van der Waals surface area contributed by atoms with Crippen molar-refractivity contribution < 1.29 is 9.18 Å². The van der Waals surface area contributed by atoms with Gasteiger partial charge < -0.3 is 10.6 Å². The molecule has 0 saturated carbocycles. The predicted octanol–water partition coefficient (Wildman–Crippen LogP) is 4.37. The minimum absolute atomic E-state index is 0. The van der Waals surface area contributed by atoms with Crippen LogP contribution in [-0.2, 0) is 17.6 Å². The Kier molecular flexibility index (Phi) is 6.12. The highest BCUT2D eigenvalue weighted by molar-refractivity contribution is 5.99. The fourth-order valence-corrected chi connectivity index (χ4v) is 3.59. The summed E-state index contributed by atoms with van der Waals surface area (Å²) in [4.78, 5) is 14.7. The summed E-state index contributed by atoms with van der Waals surface area (Å²) in [6.07, 6.45) is 1.34.